The second-order valence-electron chi connectivity index (χ2n) is 6.63. The van der Waals surface area contributed by atoms with Crippen molar-refractivity contribution in [1.29, 1.82) is 0 Å². The van der Waals surface area contributed by atoms with Crippen LogP contribution in [0.5, 0.6) is 0 Å². The van der Waals surface area contributed by atoms with E-state index in [0.717, 1.165) is 0 Å². The molecule has 1 fully saturated rings. The first-order valence-electron chi connectivity index (χ1n) is 8.91. The van der Waals surface area contributed by atoms with Crippen molar-refractivity contribution < 1.29 is 4.48 Å². The van der Waals surface area contributed by atoms with E-state index >= 15 is 0 Å². The van der Waals surface area contributed by atoms with Gasteiger partial charge in [0, 0.05) is 12.0 Å². The lowest BCUT2D eigenvalue weighted by Gasteiger charge is -2.37. The first kappa shape index (κ1) is 16.0. The minimum Gasteiger partial charge on any atom is -0.318 e. The molecule has 1 heterocycles. The summed E-state index contributed by atoms with van der Waals surface area (Å²) in [7, 11) is 0. The molecule has 0 amide bonds. The molecule has 2 aromatic rings. The smallest absolute Gasteiger partial charge is 0.109 e. The van der Waals surface area contributed by atoms with Crippen molar-refractivity contribution in [2.24, 2.45) is 0 Å². The predicted molar refractivity (Wildman–Crippen MR) is 99.2 cm³/mol. The molecule has 0 radical (unpaired) electrons. The van der Waals surface area contributed by atoms with Crippen LogP contribution < -0.4 is 0 Å². The average molecular weight is 306 g/mol. The lowest BCUT2D eigenvalue weighted by molar-refractivity contribution is -0.931. The van der Waals surface area contributed by atoms with Crippen LogP contribution in [0.3, 0.4) is 0 Å². The molecule has 1 aliphatic heterocycles. The molecule has 2 aromatic carbocycles. The van der Waals surface area contributed by atoms with Crippen LogP contribution in [0.2, 0.25) is 0 Å². The van der Waals surface area contributed by atoms with Gasteiger partial charge in [0.2, 0.25) is 0 Å². The zero-order chi connectivity index (χ0) is 16.3. The number of benzene rings is 2. The fraction of sp³-hybridized carbons (Fsp3) is 0.364. The summed E-state index contributed by atoms with van der Waals surface area (Å²) in [5, 5.41) is 0. The molecule has 1 heteroatoms. The molecular weight excluding hydrogens is 278 g/mol. The Bertz CT molecular complexity index is 624. The Morgan fingerprint density at radius 3 is 1.74 bits per heavy atom. The summed E-state index contributed by atoms with van der Waals surface area (Å²) < 4.78 is 1.22. The van der Waals surface area contributed by atoms with Crippen molar-refractivity contribution in [3.05, 3.63) is 77.4 Å². The minimum absolute atomic E-state index is 0.598. The molecule has 0 bridgehead atoms. The molecule has 23 heavy (non-hydrogen) atoms. The fourth-order valence-corrected chi connectivity index (χ4v) is 4.24. The highest BCUT2D eigenvalue weighted by Crippen LogP contribution is 2.38. The maximum atomic E-state index is 2.43. The summed E-state index contributed by atoms with van der Waals surface area (Å²) >= 11 is 0. The molecule has 3 rings (SSSR count). The van der Waals surface area contributed by atoms with Crippen molar-refractivity contribution in [3.63, 3.8) is 0 Å². The average Bonchev–Trinajstić information content (AvgIpc) is 2.94. The number of likely N-dealkylation sites (N-methyl/N-ethyl adjacent to an activating group) is 1. The Hall–Kier alpha value is -1.86. The molecule has 0 aromatic heterocycles. The minimum atomic E-state index is 0.598. The third-order valence-corrected chi connectivity index (χ3v) is 5.86. The second-order valence-corrected chi connectivity index (χ2v) is 6.63. The van der Waals surface area contributed by atoms with E-state index in [1.807, 2.05) is 0 Å². The Morgan fingerprint density at radius 1 is 0.870 bits per heavy atom. The normalized spacial score (nSPS) is 19.8. The summed E-state index contributed by atoms with van der Waals surface area (Å²) in [6.45, 7) is 10.8. The summed E-state index contributed by atoms with van der Waals surface area (Å²) in [4.78, 5) is 0. The highest BCUT2D eigenvalue weighted by atomic mass is 15.4. The van der Waals surface area contributed by atoms with E-state index in [1.165, 1.54) is 47.2 Å². The fourth-order valence-electron chi connectivity index (χ4n) is 4.24. The van der Waals surface area contributed by atoms with Crippen molar-refractivity contribution in [3.8, 4) is 0 Å². The van der Waals surface area contributed by atoms with Gasteiger partial charge < -0.3 is 4.48 Å². The maximum Gasteiger partial charge on any atom is 0.109 e. The molecule has 1 atom stereocenters. The Kier molecular flexibility index (Phi) is 4.68. The molecule has 0 unspecified atom stereocenters. The Labute approximate surface area is 140 Å². The summed E-state index contributed by atoms with van der Waals surface area (Å²) in [5.74, 6) is 0. The van der Waals surface area contributed by atoms with E-state index < -0.39 is 0 Å². The van der Waals surface area contributed by atoms with E-state index in [9.17, 15) is 0 Å². The van der Waals surface area contributed by atoms with Crippen molar-refractivity contribution in [2.75, 3.05) is 19.6 Å². The van der Waals surface area contributed by atoms with E-state index in [1.54, 1.807) is 5.57 Å². The van der Waals surface area contributed by atoms with Crippen LogP contribution in [0.1, 0.15) is 38.3 Å². The lowest BCUT2D eigenvalue weighted by atomic mass is 9.90. The maximum absolute atomic E-state index is 2.43. The molecule has 1 nitrogen and oxygen atoms in total. The first-order valence-corrected chi connectivity index (χ1v) is 8.91. The van der Waals surface area contributed by atoms with E-state index in [-0.39, 0.29) is 0 Å². The van der Waals surface area contributed by atoms with Gasteiger partial charge in [-0.05, 0) is 37.5 Å². The van der Waals surface area contributed by atoms with Crippen LogP contribution >= 0.6 is 0 Å². The second kappa shape index (κ2) is 6.72. The number of hydrogen-bond donors (Lipinski definition) is 0. The van der Waals surface area contributed by atoms with Crippen LogP contribution in [0.15, 0.2) is 66.2 Å². The number of nitrogens with zero attached hydrogens (tertiary/aromatic N) is 1. The number of hydrogen-bond acceptors (Lipinski definition) is 0. The van der Waals surface area contributed by atoms with Crippen LogP contribution in [0, 0.1) is 0 Å². The summed E-state index contributed by atoms with van der Waals surface area (Å²) in [6.07, 6.45) is 1.21. The van der Waals surface area contributed by atoms with Gasteiger partial charge in [-0.2, -0.15) is 0 Å². The topological polar surface area (TPSA) is 0 Å². The predicted octanol–water partition coefficient (Wildman–Crippen LogP) is 5.14. The van der Waals surface area contributed by atoms with Gasteiger partial charge in [0.25, 0.3) is 0 Å². The number of quaternary nitrogens is 1. The largest absolute Gasteiger partial charge is 0.318 e. The molecule has 120 valence electrons. The van der Waals surface area contributed by atoms with Crippen molar-refractivity contribution >= 4 is 5.57 Å². The lowest BCUT2D eigenvalue weighted by Crippen LogP contribution is -2.50. The van der Waals surface area contributed by atoms with Gasteiger partial charge >= 0.3 is 0 Å². The Balaban J connectivity index is 2.17. The Morgan fingerprint density at radius 2 is 1.35 bits per heavy atom. The van der Waals surface area contributed by atoms with Gasteiger partial charge in [-0.1, -0.05) is 60.7 Å². The van der Waals surface area contributed by atoms with Crippen molar-refractivity contribution in [2.45, 2.75) is 33.2 Å². The summed E-state index contributed by atoms with van der Waals surface area (Å²) in [5.41, 5.74) is 5.80. The monoisotopic (exact) mass is 306 g/mol. The number of likely N-dealkylation sites (tertiary alicyclic amines) is 1. The SMILES string of the molecule is CC[N+]1(CC)CCC(=C(c2ccccc2)c2ccccc2)[C@@H]1C. The summed E-state index contributed by atoms with van der Waals surface area (Å²) in [6, 6.07) is 22.4. The van der Waals surface area contributed by atoms with Gasteiger partial charge in [0.1, 0.15) is 6.04 Å². The standard InChI is InChI=1S/C22H28N/c1-4-23(5-2)17-16-21(18(23)3)22(19-12-8-6-9-13-19)20-14-10-7-11-15-20/h6-15,18H,4-5,16-17H2,1-3H3/q+1/t18-/m0/s1. The van der Waals surface area contributed by atoms with Gasteiger partial charge in [-0.3, -0.25) is 0 Å². The van der Waals surface area contributed by atoms with Crippen LogP contribution in [0.4, 0.5) is 0 Å². The van der Waals surface area contributed by atoms with Gasteiger partial charge in [-0.25, -0.2) is 0 Å². The quantitative estimate of drug-likeness (QED) is 0.686. The first-order chi connectivity index (χ1) is 11.2. The number of rotatable bonds is 4. The van der Waals surface area contributed by atoms with Crippen molar-refractivity contribution in [1.82, 2.24) is 0 Å². The molecule has 0 aliphatic carbocycles. The van der Waals surface area contributed by atoms with E-state index in [4.69, 9.17) is 0 Å². The molecule has 0 saturated carbocycles. The third kappa shape index (κ3) is 2.86. The van der Waals surface area contributed by atoms with Crippen LogP contribution in [-0.4, -0.2) is 30.2 Å². The van der Waals surface area contributed by atoms with Gasteiger partial charge in [-0.15, -0.1) is 0 Å². The molecule has 0 N–H and O–H groups in total. The molecular formula is C22H28N+. The van der Waals surface area contributed by atoms with Gasteiger partial charge in [0.05, 0.1) is 19.6 Å². The van der Waals surface area contributed by atoms with E-state index in [0.29, 0.717) is 6.04 Å². The highest BCUT2D eigenvalue weighted by molar-refractivity contribution is 5.82. The van der Waals surface area contributed by atoms with Crippen LogP contribution in [0.25, 0.3) is 5.57 Å². The molecule has 1 saturated heterocycles. The molecule has 1 aliphatic rings. The zero-order valence-electron chi connectivity index (χ0n) is 14.6. The zero-order valence-corrected chi connectivity index (χ0v) is 14.6. The highest BCUT2D eigenvalue weighted by Gasteiger charge is 2.40. The van der Waals surface area contributed by atoms with Gasteiger partial charge in [0.15, 0.2) is 0 Å². The third-order valence-electron chi connectivity index (χ3n) is 5.86. The van der Waals surface area contributed by atoms with Crippen LogP contribution in [-0.2, 0) is 0 Å². The molecule has 0 spiro atoms. The van der Waals surface area contributed by atoms with E-state index in [2.05, 4.69) is 81.4 Å².